The standard InChI is InChI=1S/C21H23F2N9O/c1-32-10-26-9-16(32)21(33)30-13-4-2-3-12(6-13)29-19-15(23)8-28-20(31-19)17(24)14-5-11(22)7-27-18(14)25/h5,7-10,12-13,24H,2-4,6H2,1H3,(H2,25,27)(H,30,33)(H,28,29,31)/t12-,13+/m0/s1. The number of carbonyl (C=O) groups excluding carboxylic acids is 1. The van der Waals surface area contributed by atoms with E-state index in [1.54, 1.807) is 17.9 Å². The SMILES string of the molecule is Cn1cncc1C(=O)N[C@@H]1CCC[C@H](Nc2nc(C(=N)c3cc(F)cnc3N)ncc2F)C1. The zero-order chi connectivity index (χ0) is 23.5. The first-order valence-corrected chi connectivity index (χ1v) is 10.4. The van der Waals surface area contributed by atoms with Gasteiger partial charge in [0.2, 0.25) is 0 Å². The van der Waals surface area contributed by atoms with E-state index < -0.39 is 11.6 Å². The second-order valence-electron chi connectivity index (χ2n) is 7.92. The second kappa shape index (κ2) is 9.27. The molecule has 3 heterocycles. The Kier molecular flexibility index (Phi) is 6.24. The monoisotopic (exact) mass is 455 g/mol. The summed E-state index contributed by atoms with van der Waals surface area (Å²) in [6.45, 7) is 0. The van der Waals surface area contributed by atoms with Crippen molar-refractivity contribution in [3.05, 3.63) is 59.7 Å². The number of nitrogens with two attached hydrogens (primary N) is 1. The summed E-state index contributed by atoms with van der Waals surface area (Å²) >= 11 is 0. The molecule has 5 N–H and O–H groups in total. The lowest BCUT2D eigenvalue weighted by molar-refractivity contribution is 0.0918. The summed E-state index contributed by atoms with van der Waals surface area (Å²) in [4.78, 5) is 28.1. The van der Waals surface area contributed by atoms with E-state index in [1.165, 1.54) is 6.20 Å². The van der Waals surface area contributed by atoms with Gasteiger partial charge in [-0.1, -0.05) is 0 Å². The van der Waals surface area contributed by atoms with Crippen LogP contribution < -0.4 is 16.4 Å². The molecule has 33 heavy (non-hydrogen) atoms. The first-order chi connectivity index (χ1) is 15.8. The molecule has 0 unspecified atom stereocenters. The Bertz CT molecular complexity index is 1200. The molecule has 0 aliphatic heterocycles. The number of carbonyl (C=O) groups is 1. The Morgan fingerprint density at radius 3 is 2.76 bits per heavy atom. The van der Waals surface area contributed by atoms with Gasteiger partial charge in [-0.05, 0) is 31.7 Å². The average molecular weight is 455 g/mol. The highest BCUT2D eigenvalue weighted by Gasteiger charge is 2.26. The summed E-state index contributed by atoms with van der Waals surface area (Å²) in [6.07, 6.45) is 7.91. The number of imidazole rings is 1. The summed E-state index contributed by atoms with van der Waals surface area (Å²) in [7, 11) is 1.74. The van der Waals surface area contributed by atoms with Gasteiger partial charge in [0.25, 0.3) is 5.91 Å². The molecular formula is C21H23F2N9O. The van der Waals surface area contributed by atoms with Gasteiger partial charge < -0.3 is 20.9 Å². The molecule has 172 valence electrons. The minimum atomic E-state index is -0.682. The molecule has 2 atom stereocenters. The van der Waals surface area contributed by atoms with Crippen LogP contribution in [0.3, 0.4) is 0 Å². The van der Waals surface area contributed by atoms with Gasteiger partial charge >= 0.3 is 0 Å². The van der Waals surface area contributed by atoms with Gasteiger partial charge in [-0.15, -0.1) is 0 Å². The molecule has 0 saturated heterocycles. The topological polar surface area (TPSA) is 147 Å². The largest absolute Gasteiger partial charge is 0.383 e. The third-order valence-electron chi connectivity index (χ3n) is 5.52. The van der Waals surface area contributed by atoms with Crippen molar-refractivity contribution in [1.82, 2.24) is 29.8 Å². The Morgan fingerprint density at radius 1 is 1.21 bits per heavy atom. The second-order valence-corrected chi connectivity index (χ2v) is 7.92. The van der Waals surface area contributed by atoms with Gasteiger partial charge in [-0.3, -0.25) is 10.2 Å². The molecule has 3 aromatic rings. The molecule has 3 aromatic heterocycles. The maximum Gasteiger partial charge on any atom is 0.269 e. The Labute approximate surface area is 188 Å². The quantitative estimate of drug-likeness (QED) is 0.416. The first kappa shape index (κ1) is 22.2. The lowest BCUT2D eigenvalue weighted by Gasteiger charge is -2.30. The zero-order valence-corrected chi connectivity index (χ0v) is 17.8. The number of aromatic nitrogens is 5. The van der Waals surface area contributed by atoms with Crippen molar-refractivity contribution in [2.24, 2.45) is 7.05 Å². The molecule has 12 heteroatoms. The number of hydrogen-bond acceptors (Lipinski definition) is 8. The molecule has 0 bridgehead atoms. The molecule has 0 aromatic carbocycles. The molecule has 0 radical (unpaired) electrons. The van der Waals surface area contributed by atoms with Crippen LogP contribution >= 0.6 is 0 Å². The van der Waals surface area contributed by atoms with Crippen LogP contribution in [0.5, 0.6) is 0 Å². The van der Waals surface area contributed by atoms with Crippen LogP contribution in [-0.4, -0.2) is 48.2 Å². The highest BCUT2D eigenvalue weighted by Crippen LogP contribution is 2.24. The zero-order valence-electron chi connectivity index (χ0n) is 17.8. The van der Waals surface area contributed by atoms with E-state index in [1.807, 2.05) is 0 Å². The van der Waals surface area contributed by atoms with E-state index >= 15 is 0 Å². The van der Waals surface area contributed by atoms with Crippen LogP contribution in [0.1, 0.15) is 47.6 Å². The van der Waals surface area contributed by atoms with E-state index in [4.69, 9.17) is 11.1 Å². The Balaban J connectivity index is 1.46. The predicted molar refractivity (Wildman–Crippen MR) is 117 cm³/mol. The molecule has 10 nitrogen and oxygen atoms in total. The third kappa shape index (κ3) is 4.94. The maximum absolute atomic E-state index is 14.4. The Hall–Kier alpha value is -3.96. The number of hydrogen-bond donors (Lipinski definition) is 4. The summed E-state index contributed by atoms with van der Waals surface area (Å²) in [5.74, 6) is -1.80. The lowest BCUT2D eigenvalue weighted by Crippen LogP contribution is -2.42. The number of halogens is 2. The van der Waals surface area contributed by atoms with E-state index in [0.717, 1.165) is 37.7 Å². The minimum absolute atomic E-state index is 0.0168. The molecule has 1 aliphatic rings. The van der Waals surface area contributed by atoms with Crippen molar-refractivity contribution in [3.63, 3.8) is 0 Å². The molecule has 1 fully saturated rings. The number of rotatable bonds is 6. The van der Waals surface area contributed by atoms with Crippen molar-refractivity contribution in [2.45, 2.75) is 37.8 Å². The van der Waals surface area contributed by atoms with Crippen LogP contribution in [0.25, 0.3) is 0 Å². The average Bonchev–Trinajstić information content (AvgIpc) is 3.23. The number of amides is 1. The van der Waals surface area contributed by atoms with Gasteiger partial charge in [0.1, 0.15) is 23.0 Å². The van der Waals surface area contributed by atoms with Gasteiger partial charge in [-0.25, -0.2) is 28.7 Å². The van der Waals surface area contributed by atoms with E-state index in [0.29, 0.717) is 12.1 Å². The van der Waals surface area contributed by atoms with Gasteiger partial charge in [0.05, 0.1) is 24.9 Å². The van der Waals surface area contributed by atoms with Crippen molar-refractivity contribution >= 4 is 23.3 Å². The number of nitrogens with zero attached hydrogens (tertiary/aromatic N) is 5. The maximum atomic E-state index is 14.4. The van der Waals surface area contributed by atoms with Crippen molar-refractivity contribution in [2.75, 3.05) is 11.1 Å². The van der Waals surface area contributed by atoms with Crippen LogP contribution in [0.2, 0.25) is 0 Å². The van der Waals surface area contributed by atoms with Crippen LogP contribution in [0.4, 0.5) is 20.4 Å². The predicted octanol–water partition coefficient (Wildman–Crippen LogP) is 2.03. The molecule has 1 aliphatic carbocycles. The van der Waals surface area contributed by atoms with E-state index in [2.05, 4.69) is 30.6 Å². The van der Waals surface area contributed by atoms with Crippen molar-refractivity contribution in [1.29, 1.82) is 5.41 Å². The van der Waals surface area contributed by atoms with Crippen LogP contribution in [0, 0.1) is 17.0 Å². The van der Waals surface area contributed by atoms with Crippen molar-refractivity contribution < 1.29 is 13.6 Å². The smallest absolute Gasteiger partial charge is 0.269 e. The number of nitrogens with one attached hydrogen (secondary N) is 3. The van der Waals surface area contributed by atoms with Crippen LogP contribution in [-0.2, 0) is 7.05 Å². The summed E-state index contributed by atoms with van der Waals surface area (Å²) in [6, 6.07) is 0.809. The molecular weight excluding hydrogens is 432 g/mol. The Morgan fingerprint density at radius 2 is 2.00 bits per heavy atom. The normalized spacial score (nSPS) is 18.0. The number of aryl methyl sites for hydroxylation is 1. The van der Waals surface area contributed by atoms with Gasteiger partial charge in [-0.2, -0.15) is 0 Å². The molecule has 0 spiro atoms. The molecule has 1 saturated carbocycles. The summed E-state index contributed by atoms with van der Waals surface area (Å²) in [5.41, 5.74) is 5.95. The number of anilines is 2. The molecule has 1 amide bonds. The fourth-order valence-corrected chi connectivity index (χ4v) is 3.84. The first-order valence-electron chi connectivity index (χ1n) is 10.4. The number of pyridine rings is 1. The van der Waals surface area contributed by atoms with Gasteiger partial charge in [0, 0.05) is 24.7 Å². The van der Waals surface area contributed by atoms with E-state index in [-0.39, 0.29) is 46.7 Å². The van der Waals surface area contributed by atoms with Crippen LogP contribution in [0.15, 0.2) is 31.0 Å². The van der Waals surface area contributed by atoms with Gasteiger partial charge in [0.15, 0.2) is 17.5 Å². The number of nitrogen functional groups attached to an aromatic ring is 1. The molecule has 4 rings (SSSR count). The fraction of sp³-hybridized carbons (Fsp3) is 0.333. The summed E-state index contributed by atoms with van der Waals surface area (Å²) < 4.78 is 29.6. The lowest BCUT2D eigenvalue weighted by atomic mass is 9.91. The fourth-order valence-electron chi connectivity index (χ4n) is 3.84. The summed E-state index contributed by atoms with van der Waals surface area (Å²) in [5, 5.41) is 14.3. The van der Waals surface area contributed by atoms with E-state index in [9.17, 15) is 13.6 Å². The minimum Gasteiger partial charge on any atom is -0.383 e. The third-order valence-corrected chi connectivity index (χ3v) is 5.52. The highest BCUT2D eigenvalue weighted by molar-refractivity contribution is 6.11. The highest BCUT2D eigenvalue weighted by atomic mass is 19.1. The van der Waals surface area contributed by atoms with Crippen molar-refractivity contribution in [3.8, 4) is 0 Å².